The third-order valence-electron chi connectivity index (χ3n) is 4.06. The Labute approximate surface area is 144 Å². The number of hydrogen-bond acceptors (Lipinski definition) is 6. The number of carbonyl (C=O) groups excluding carboxylic acids is 1. The van der Waals surface area contributed by atoms with Gasteiger partial charge in [0.1, 0.15) is 16.5 Å². The molecule has 2 heterocycles. The molecule has 1 aromatic carbocycles. The number of thiazole rings is 1. The van der Waals surface area contributed by atoms with E-state index < -0.39 is 5.54 Å². The van der Waals surface area contributed by atoms with Gasteiger partial charge in [0, 0.05) is 17.2 Å². The highest BCUT2D eigenvalue weighted by Crippen LogP contribution is 2.39. The van der Waals surface area contributed by atoms with Gasteiger partial charge in [0.25, 0.3) is 0 Å². The van der Waals surface area contributed by atoms with E-state index in [0.717, 1.165) is 10.6 Å². The number of hydrogen-bond donors (Lipinski definition) is 0. The molecule has 6 heteroatoms. The summed E-state index contributed by atoms with van der Waals surface area (Å²) in [4.78, 5) is 23.5. The van der Waals surface area contributed by atoms with E-state index in [1.165, 1.54) is 18.4 Å². The van der Waals surface area contributed by atoms with Crippen molar-refractivity contribution in [3.05, 3.63) is 51.5 Å². The van der Waals surface area contributed by atoms with Gasteiger partial charge in [0.2, 0.25) is 5.78 Å². The number of aromatic nitrogens is 1. The molecule has 3 rings (SSSR count). The summed E-state index contributed by atoms with van der Waals surface area (Å²) in [5.74, 6) is 0.920. The van der Waals surface area contributed by atoms with Gasteiger partial charge in [-0.25, -0.2) is 4.98 Å². The van der Waals surface area contributed by atoms with Gasteiger partial charge in [-0.05, 0) is 38.1 Å². The Morgan fingerprint density at radius 1 is 1.21 bits per heavy atom. The number of ketones is 1. The zero-order chi connectivity index (χ0) is 17.3. The Morgan fingerprint density at radius 2 is 2.00 bits per heavy atom. The van der Waals surface area contributed by atoms with E-state index >= 15 is 0 Å². The Kier molecular flexibility index (Phi) is 4.24. The molecular weight excluding hydrogens is 324 g/mol. The first-order chi connectivity index (χ1) is 11.5. The first-order valence-corrected chi connectivity index (χ1v) is 8.28. The number of methoxy groups -OCH3 is 2. The SMILES string of the molecule is COc1ccc(C(=O)C2(c3nc(C)c(C)s3)C=CC=N2)c(OC)c1. The molecule has 1 aliphatic heterocycles. The van der Waals surface area contributed by atoms with Gasteiger partial charge in [-0.3, -0.25) is 9.79 Å². The lowest BCUT2D eigenvalue weighted by atomic mass is 9.90. The van der Waals surface area contributed by atoms with Crippen LogP contribution in [0.25, 0.3) is 0 Å². The largest absolute Gasteiger partial charge is 0.497 e. The predicted molar refractivity (Wildman–Crippen MR) is 94.8 cm³/mol. The summed E-state index contributed by atoms with van der Waals surface area (Å²) in [5.41, 5.74) is 0.248. The third kappa shape index (κ3) is 2.53. The number of nitrogens with zero attached hydrogens (tertiary/aromatic N) is 2. The molecule has 0 fully saturated rings. The molecular formula is C18H18N2O3S. The molecule has 0 N–H and O–H groups in total. The van der Waals surface area contributed by atoms with E-state index in [0.29, 0.717) is 22.1 Å². The van der Waals surface area contributed by atoms with Crippen LogP contribution in [0.5, 0.6) is 11.5 Å². The van der Waals surface area contributed by atoms with Crippen LogP contribution < -0.4 is 9.47 Å². The second kappa shape index (κ2) is 6.20. The molecule has 24 heavy (non-hydrogen) atoms. The molecule has 1 atom stereocenters. The first-order valence-electron chi connectivity index (χ1n) is 7.46. The molecule has 0 bridgehead atoms. The quantitative estimate of drug-likeness (QED) is 0.780. The molecule has 1 aromatic heterocycles. The summed E-state index contributed by atoms with van der Waals surface area (Å²) in [6.45, 7) is 3.93. The topological polar surface area (TPSA) is 60.8 Å². The number of carbonyl (C=O) groups is 1. The molecule has 1 unspecified atom stereocenters. The smallest absolute Gasteiger partial charge is 0.205 e. The van der Waals surface area contributed by atoms with Crippen molar-refractivity contribution in [1.82, 2.24) is 4.98 Å². The third-order valence-corrected chi connectivity index (χ3v) is 5.25. The minimum absolute atomic E-state index is 0.166. The Bertz CT molecular complexity index is 820. The number of rotatable bonds is 5. The number of aliphatic imine (C=N–C) groups is 1. The second-order valence-corrected chi connectivity index (χ2v) is 6.66. The summed E-state index contributed by atoms with van der Waals surface area (Å²) in [6, 6.07) is 5.14. The predicted octanol–water partition coefficient (Wildman–Crippen LogP) is 3.50. The fourth-order valence-corrected chi connectivity index (χ4v) is 3.61. The first kappa shape index (κ1) is 16.4. The molecule has 0 saturated heterocycles. The summed E-state index contributed by atoms with van der Waals surface area (Å²) in [6.07, 6.45) is 5.21. The van der Waals surface area contributed by atoms with Gasteiger partial charge in [-0.15, -0.1) is 11.3 Å². The summed E-state index contributed by atoms with van der Waals surface area (Å²) in [7, 11) is 3.10. The fraction of sp³-hybridized carbons (Fsp3) is 0.278. The molecule has 1 aliphatic rings. The van der Waals surface area contributed by atoms with Gasteiger partial charge in [0.05, 0.1) is 25.5 Å². The lowest BCUT2D eigenvalue weighted by Crippen LogP contribution is -2.31. The molecule has 0 radical (unpaired) electrons. The van der Waals surface area contributed by atoms with E-state index in [2.05, 4.69) is 9.98 Å². The highest BCUT2D eigenvalue weighted by atomic mass is 32.1. The monoisotopic (exact) mass is 342 g/mol. The van der Waals surface area contributed by atoms with Gasteiger partial charge in [-0.1, -0.05) is 0 Å². The van der Waals surface area contributed by atoms with Crippen molar-refractivity contribution in [3.8, 4) is 11.5 Å². The zero-order valence-electron chi connectivity index (χ0n) is 14.0. The average molecular weight is 342 g/mol. The highest BCUT2D eigenvalue weighted by Gasteiger charge is 2.43. The van der Waals surface area contributed by atoms with Gasteiger partial charge in [-0.2, -0.15) is 0 Å². The maximum absolute atomic E-state index is 13.4. The number of ether oxygens (including phenoxy) is 2. The van der Waals surface area contributed by atoms with Crippen LogP contribution in [-0.4, -0.2) is 31.2 Å². The van der Waals surface area contributed by atoms with E-state index in [-0.39, 0.29) is 5.78 Å². The lowest BCUT2D eigenvalue weighted by Gasteiger charge is -2.21. The minimum Gasteiger partial charge on any atom is -0.497 e. The Hall–Kier alpha value is -2.47. The van der Waals surface area contributed by atoms with Gasteiger partial charge >= 0.3 is 0 Å². The Morgan fingerprint density at radius 3 is 2.54 bits per heavy atom. The zero-order valence-corrected chi connectivity index (χ0v) is 14.8. The summed E-state index contributed by atoms with van der Waals surface area (Å²) >= 11 is 1.49. The van der Waals surface area contributed by atoms with Crippen LogP contribution >= 0.6 is 11.3 Å². The van der Waals surface area contributed by atoms with Crippen LogP contribution in [-0.2, 0) is 5.54 Å². The number of Topliss-reactive ketones (excluding diaryl/α,β-unsaturated/α-hetero) is 1. The van der Waals surface area contributed by atoms with E-state index in [1.54, 1.807) is 43.7 Å². The molecule has 0 amide bonds. The van der Waals surface area contributed by atoms with Crippen molar-refractivity contribution in [3.63, 3.8) is 0 Å². The van der Waals surface area contributed by atoms with Crippen molar-refractivity contribution < 1.29 is 14.3 Å². The van der Waals surface area contributed by atoms with Crippen molar-refractivity contribution in [2.45, 2.75) is 19.4 Å². The fourth-order valence-electron chi connectivity index (χ4n) is 2.57. The van der Waals surface area contributed by atoms with Crippen LogP contribution in [0.2, 0.25) is 0 Å². The van der Waals surface area contributed by atoms with Crippen LogP contribution in [0.3, 0.4) is 0 Å². The standard InChI is InChI=1S/C18H18N2O3S/c1-11-12(2)24-17(20-11)18(8-5-9-19-18)16(21)14-7-6-13(22-3)10-15(14)23-4/h5-10H,1-4H3. The minimum atomic E-state index is -1.12. The average Bonchev–Trinajstić information content (AvgIpc) is 3.22. The summed E-state index contributed by atoms with van der Waals surface area (Å²) in [5, 5.41) is 0.672. The molecule has 0 saturated carbocycles. The van der Waals surface area contributed by atoms with Crippen LogP contribution in [0.1, 0.15) is 25.9 Å². The Balaban J connectivity index is 2.12. The van der Waals surface area contributed by atoms with Gasteiger partial charge in [0.15, 0.2) is 5.54 Å². The maximum Gasteiger partial charge on any atom is 0.205 e. The number of benzene rings is 1. The molecule has 2 aromatic rings. The van der Waals surface area contributed by atoms with Crippen molar-refractivity contribution in [2.24, 2.45) is 4.99 Å². The van der Waals surface area contributed by atoms with E-state index in [9.17, 15) is 4.79 Å². The van der Waals surface area contributed by atoms with Crippen LogP contribution in [0.15, 0.2) is 35.3 Å². The number of aryl methyl sites for hydroxylation is 2. The lowest BCUT2D eigenvalue weighted by molar-refractivity contribution is 0.0920. The number of allylic oxidation sites excluding steroid dienone is 1. The molecule has 124 valence electrons. The van der Waals surface area contributed by atoms with Crippen LogP contribution in [0.4, 0.5) is 0 Å². The highest BCUT2D eigenvalue weighted by molar-refractivity contribution is 7.12. The second-order valence-electron chi connectivity index (χ2n) is 5.46. The molecule has 0 aliphatic carbocycles. The van der Waals surface area contributed by atoms with E-state index in [1.807, 2.05) is 13.8 Å². The van der Waals surface area contributed by atoms with Crippen LogP contribution in [0, 0.1) is 13.8 Å². The van der Waals surface area contributed by atoms with Crippen molar-refractivity contribution in [2.75, 3.05) is 14.2 Å². The normalized spacial score (nSPS) is 18.8. The van der Waals surface area contributed by atoms with Crippen molar-refractivity contribution in [1.29, 1.82) is 0 Å². The van der Waals surface area contributed by atoms with Gasteiger partial charge < -0.3 is 9.47 Å². The van der Waals surface area contributed by atoms with Crippen molar-refractivity contribution >= 4 is 23.3 Å². The summed E-state index contributed by atoms with van der Waals surface area (Å²) < 4.78 is 10.6. The maximum atomic E-state index is 13.4. The van der Waals surface area contributed by atoms with E-state index in [4.69, 9.17) is 9.47 Å². The molecule has 0 spiro atoms. The molecule has 5 nitrogen and oxygen atoms in total.